The number of hydrogen-bond acceptors (Lipinski definition) is 3. The minimum absolute atomic E-state index is 0.316. The van der Waals surface area contributed by atoms with E-state index < -0.39 is 0 Å². The van der Waals surface area contributed by atoms with Crippen molar-refractivity contribution in [2.75, 3.05) is 0 Å². The van der Waals surface area contributed by atoms with Gasteiger partial charge in [-0.3, -0.25) is 4.99 Å². The fourth-order valence-corrected chi connectivity index (χ4v) is 3.17. The van der Waals surface area contributed by atoms with E-state index in [1.807, 2.05) is 42.7 Å². The first-order valence-electron chi connectivity index (χ1n) is 6.73. The Balaban J connectivity index is 2.20. The van der Waals surface area contributed by atoms with Gasteiger partial charge in [-0.2, -0.15) is 4.98 Å². The van der Waals surface area contributed by atoms with Gasteiger partial charge in [-0.05, 0) is 22.9 Å². The van der Waals surface area contributed by atoms with Crippen LogP contribution in [0.5, 0.6) is 0 Å². The second kappa shape index (κ2) is 3.55. The molecule has 4 aromatic rings. The van der Waals surface area contributed by atoms with Crippen molar-refractivity contribution in [2.24, 2.45) is 4.99 Å². The number of aromatic nitrogens is 2. The van der Waals surface area contributed by atoms with Crippen LogP contribution in [0.3, 0.4) is 0 Å². The summed E-state index contributed by atoms with van der Waals surface area (Å²) < 4.78 is 0. The van der Waals surface area contributed by atoms with Gasteiger partial charge in [0, 0.05) is 34.0 Å². The number of rotatable bonds is 0. The highest BCUT2D eigenvalue weighted by Crippen LogP contribution is 2.29. The van der Waals surface area contributed by atoms with E-state index in [1.54, 1.807) is 0 Å². The molecular weight excluding hydrogens is 262 g/mol. The second-order valence-corrected chi connectivity index (χ2v) is 5.24. The lowest BCUT2D eigenvalue weighted by molar-refractivity contribution is 1.15. The molecule has 0 radical (unpaired) electrons. The largest absolute Gasteiger partial charge is 0.345 e. The fourth-order valence-electron chi connectivity index (χ4n) is 3.17. The maximum atomic E-state index is 11.8. The summed E-state index contributed by atoms with van der Waals surface area (Å²) in [4.78, 5) is 23.1. The highest BCUT2D eigenvalue weighted by Gasteiger charge is 2.12. The Morgan fingerprint density at radius 2 is 2.00 bits per heavy atom. The Morgan fingerprint density at radius 1 is 1.05 bits per heavy atom. The van der Waals surface area contributed by atoms with E-state index in [9.17, 15) is 4.79 Å². The number of hydrogen-bond donors (Lipinski definition) is 1. The molecule has 4 heteroatoms. The summed E-state index contributed by atoms with van der Waals surface area (Å²) >= 11 is 0. The van der Waals surface area contributed by atoms with Crippen molar-refractivity contribution in [3.63, 3.8) is 0 Å². The minimum atomic E-state index is -0.316. The average Bonchev–Trinajstić information content (AvgIpc) is 2.96. The monoisotopic (exact) mass is 271 g/mol. The molecule has 0 fully saturated rings. The third-order valence-electron chi connectivity index (χ3n) is 4.08. The van der Waals surface area contributed by atoms with Crippen LogP contribution in [0.4, 0.5) is 0 Å². The smallest absolute Gasteiger partial charge is 0.305 e. The van der Waals surface area contributed by atoms with Crippen LogP contribution in [-0.4, -0.2) is 16.2 Å². The molecule has 5 rings (SSSR count). The van der Waals surface area contributed by atoms with E-state index in [0.717, 1.165) is 43.4 Å². The van der Waals surface area contributed by atoms with Crippen molar-refractivity contribution in [1.29, 1.82) is 0 Å². The van der Waals surface area contributed by atoms with Crippen LogP contribution >= 0.6 is 0 Å². The summed E-state index contributed by atoms with van der Waals surface area (Å²) in [7, 11) is 0. The van der Waals surface area contributed by atoms with Gasteiger partial charge in [0.25, 0.3) is 0 Å². The Hall–Kier alpha value is -3.01. The van der Waals surface area contributed by atoms with Crippen LogP contribution in [0.25, 0.3) is 38.8 Å². The summed E-state index contributed by atoms with van der Waals surface area (Å²) in [6, 6.07) is 12.1. The van der Waals surface area contributed by atoms with Gasteiger partial charge in [-0.25, -0.2) is 4.79 Å². The van der Waals surface area contributed by atoms with Crippen molar-refractivity contribution in [3.8, 4) is 0 Å². The summed E-state index contributed by atoms with van der Waals surface area (Å²) in [5, 5.41) is 5.25. The quantitative estimate of drug-likeness (QED) is 0.393. The van der Waals surface area contributed by atoms with Crippen LogP contribution in [0.15, 0.2) is 46.2 Å². The molecule has 1 aliphatic heterocycles. The van der Waals surface area contributed by atoms with Crippen LogP contribution in [0.2, 0.25) is 0 Å². The molecule has 3 aromatic carbocycles. The van der Waals surface area contributed by atoms with Gasteiger partial charge in [0.05, 0.1) is 11.0 Å². The Kier molecular flexibility index (Phi) is 1.81. The molecular formula is C17H9N3O. The van der Waals surface area contributed by atoms with E-state index in [1.165, 1.54) is 0 Å². The van der Waals surface area contributed by atoms with Gasteiger partial charge < -0.3 is 4.98 Å². The molecule has 0 spiro atoms. The normalized spacial score (nSPS) is 13.1. The molecule has 21 heavy (non-hydrogen) atoms. The number of aromatic amines is 1. The number of fused-ring (bicyclic) bond motifs is 4. The van der Waals surface area contributed by atoms with Crippen LogP contribution in [0.1, 0.15) is 5.56 Å². The zero-order valence-electron chi connectivity index (χ0n) is 10.9. The van der Waals surface area contributed by atoms with Crippen LogP contribution < -0.4 is 10.9 Å². The first-order valence-corrected chi connectivity index (χ1v) is 6.73. The molecule has 0 aliphatic carbocycles. The maximum absolute atomic E-state index is 11.8. The van der Waals surface area contributed by atoms with E-state index >= 15 is 0 Å². The molecule has 0 bridgehead atoms. The van der Waals surface area contributed by atoms with E-state index in [2.05, 4.69) is 21.0 Å². The van der Waals surface area contributed by atoms with E-state index in [0.29, 0.717) is 0 Å². The average molecular weight is 271 g/mol. The van der Waals surface area contributed by atoms with Gasteiger partial charge in [0.1, 0.15) is 0 Å². The van der Waals surface area contributed by atoms with Crippen molar-refractivity contribution >= 4 is 45.0 Å². The minimum Gasteiger partial charge on any atom is -0.305 e. The lowest BCUT2D eigenvalue weighted by atomic mass is 9.98. The number of H-pyrrole nitrogens is 1. The van der Waals surface area contributed by atoms with Crippen molar-refractivity contribution in [3.05, 3.63) is 57.7 Å². The summed E-state index contributed by atoms with van der Waals surface area (Å²) in [6.07, 6.45) is 3.72. The van der Waals surface area contributed by atoms with Gasteiger partial charge >= 0.3 is 5.69 Å². The zero-order valence-corrected chi connectivity index (χ0v) is 10.9. The molecule has 0 saturated heterocycles. The maximum Gasteiger partial charge on any atom is 0.345 e. The SMILES string of the molecule is O=c1nc2c3ccc4c(c3cc3cccc([nH]1)c32)=CN=C4. The second-order valence-electron chi connectivity index (χ2n) is 5.24. The van der Waals surface area contributed by atoms with Crippen LogP contribution in [0, 0.1) is 0 Å². The summed E-state index contributed by atoms with van der Waals surface area (Å²) in [5.41, 5.74) is 2.36. The van der Waals surface area contributed by atoms with Crippen LogP contribution in [-0.2, 0) is 0 Å². The van der Waals surface area contributed by atoms with Gasteiger partial charge in [0.15, 0.2) is 0 Å². The van der Waals surface area contributed by atoms with Gasteiger partial charge in [-0.15, -0.1) is 0 Å². The highest BCUT2D eigenvalue weighted by molar-refractivity contribution is 6.19. The van der Waals surface area contributed by atoms with Crippen molar-refractivity contribution in [1.82, 2.24) is 9.97 Å². The summed E-state index contributed by atoms with van der Waals surface area (Å²) in [5.74, 6) is 0. The Bertz CT molecular complexity index is 1200. The molecule has 4 nitrogen and oxygen atoms in total. The van der Waals surface area contributed by atoms with Crippen molar-refractivity contribution in [2.45, 2.75) is 0 Å². The standard InChI is InChI=1S/C17H9N3O/c21-17-19-14-3-1-2-9-6-12-11(16(20-17)15(9)14)5-4-10-7-18-8-13(10)12/h1-8H,(H,19,20,21). The molecule has 1 aromatic heterocycles. The number of aliphatic imine (C=N–C) groups is 1. The first kappa shape index (κ1) is 10.7. The Labute approximate surface area is 118 Å². The molecule has 0 saturated carbocycles. The molecule has 98 valence electrons. The van der Waals surface area contributed by atoms with Gasteiger partial charge in [-0.1, -0.05) is 24.3 Å². The predicted molar refractivity (Wildman–Crippen MR) is 84.7 cm³/mol. The zero-order chi connectivity index (χ0) is 14.0. The molecule has 2 heterocycles. The molecule has 0 atom stereocenters. The topological polar surface area (TPSA) is 58.1 Å². The first-order chi connectivity index (χ1) is 10.3. The predicted octanol–water partition coefficient (Wildman–Crippen LogP) is 2.12. The van der Waals surface area contributed by atoms with Crippen molar-refractivity contribution < 1.29 is 0 Å². The molecule has 0 amide bonds. The third kappa shape index (κ3) is 1.31. The lowest BCUT2D eigenvalue weighted by Crippen LogP contribution is -2.12. The Morgan fingerprint density at radius 3 is 2.95 bits per heavy atom. The van der Waals surface area contributed by atoms with E-state index in [4.69, 9.17) is 0 Å². The van der Waals surface area contributed by atoms with E-state index in [-0.39, 0.29) is 5.69 Å². The molecule has 1 aliphatic rings. The number of benzene rings is 3. The number of nitrogens with zero attached hydrogens (tertiary/aromatic N) is 2. The summed E-state index contributed by atoms with van der Waals surface area (Å²) in [6.45, 7) is 0. The number of nitrogens with one attached hydrogen (secondary N) is 1. The lowest BCUT2D eigenvalue weighted by Gasteiger charge is -2.08. The fraction of sp³-hybridized carbons (Fsp3) is 0. The molecule has 0 unspecified atom stereocenters. The highest BCUT2D eigenvalue weighted by atomic mass is 16.1. The van der Waals surface area contributed by atoms with Gasteiger partial charge in [0.2, 0.25) is 0 Å². The third-order valence-corrected chi connectivity index (χ3v) is 4.08. The molecule has 1 N–H and O–H groups in total.